The molecule has 0 bridgehead atoms. The highest BCUT2D eigenvalue weighted by atomic mass is 32.2. The minimum atomic E-state index is -3.40. The Morgan fingerprint density at radius 2 is 1.88 bits per heavy atom. The van der Waals surface area contributed by atoms with Gasteiger partial charge in [-0.15, -0.1) is 0 Å². The van der Waals surface area contributed by atoms with Gasteiger partial charge in [-0.25, -0.2) is 23.4 Å². The molecule has 0 spiro atoms. The maximum Gasteiger partial charge on any atom is 0.179 e. The van der Waals surface area contributed by atoms with Crippen molar-refractivity contribution in [1.82, 2.24) is 19.9 Å². The molecular formula is C30H41N7O2S. The van der Waals surface area contributed by atoms with Crippen LogP contribution in [0, 0.1) is 0 Å². The van der Waals surface area contributed by atoms with Gasteiger partial charge in [0.15, 0.2) is 9.84 Å². The predicted octanol–water partition coefficient (Wildman–Crippen LogP) is 4.41. The number of anilines is 4. The van der Waals surface area contributed by atoms with Gasteiger partial charge in [0.2, 0.25) is 0 Å². The van der Waals surface area contributed by atoms with Gasteiger partial charge in [-0.1, -0.05) is 33.8 Å². The molecule has 1 aromatic carbocycles. The Bertz CT molecular complexity index is 1470. The molecule has 5 rings (SSSR count). The molecule has 2 aliphatic heterocycles. The van der Waals surface area contributed by atoms with Crippen molar-refractivity contribution in [2.24, 2.45) is 0 Å². The van der Waals surface area contributed by atoms with Gasteiger partial charge in [0.05, 0.1) is 12.2 Å². The highest BCUT2D eigenvalue weighted by Gasteiger charge is 2.32. The zero-order valence-electron chi connectivity index (χ0n) is 24.3. The Balaban J connectivity index is 1.40. The molecule has 1 N–H and O–H groups in total. The van der Waals surface area contributed by atoms with Crippen LogP contribution in [-0.4, -0.2) is 73.8 Å². The lowest BCUT2D eigenvalue weighted by molar-refractivity contribution is 0.306. The molecule has 4 heterocycles. The number of nitrogens with zero attached hydrogens (tertiary/aromatic N) is 6. The standard InChI is InChI=1S/C30H41N7O2S/c1-6-35(7-2)17-18-36-16-13-30(3,4)24-11-10-22(19-26(24)36)34-28-23-12-15-37(20-25(23)32-21-33-28)29-27(40(5,38)39)9-8-14-31-29/h8-11,14,19,21H,6-7,12-13,15-18,20H2,1-5H3,(H,32,33,34). The van der Waals surface area contributed by atoms with Crippen molar-refractivity contribution in [2.45, 2.75) is 57.4 Å². The second kappa shape index (κ2) is 11.3. The first-order chi connectivity index (χ1) is 19.1. The van der Waals surface area contributed by atoms with E-state index in [2.05, 4.69) is 76.0 Å². The van der Waals surface area contributed by atoms with E-state index >= 15 is 0 Å². The minimum absolute atomic E-state index is 0.132. The summed E-state index contributed by atoms with van der Waals surface area (Å²) in [6, 6.07) is 9.97. The summed E-state index contributed by atoms with van der Waals surface area (Å²) in [7, 11) is -3.40. The fourth-order valence-electron chi connectivity index (χ4n) is 5.84. The van der Waals surface area contributed by atoms with E-state index in [1.54, 1.807) is 24.7 Å². The zero-order chi connectivity index (χ0) is 28.5. The molecule has 0 saturated heterocycles. The topological polar surface area (TPSA) is 94.6 Å². The monoisotopic (exact) mass is 563 g/mol. The Labute approximate surface area is 238 Å². The lowest BCUT2D eigenvalue weighted by Gasteiger charge is -2.41. The summed E-state index contributed by atoms with van der Waals surface area (Å²) < 4.78 is 24.7. The van der Waals surface area contributed by atoms with Crippen LogP contribution in [0.1, 0.15) is 50.9 Å². The van der Waals surface area contributed by atoms with Crippen LogP contribution >= 0.6 is 0 Å². The molecular weight excluding hydrogens is 522 g/mol. The smallest absolute Gasteiger partial charge is 0.179 e. The zero-order valence-corrected chi connectivity index (χ0v) is 25.1. The molecule has 0 radical (unpaired) electrons. The third-order valence-electron chi connectivity index (χ3n) is 8.37. The molecule has 0 saturated carbocycles. The lowest BCUT2D eigenvalue weighted by Crippen LogP contribution is -2.41. The SMILES string of the molecule is CCN(CC)CCN1CCC(C)(C)c2ccc(Nc3ncnc4c3CCN(c3ncccc3S(C)(=O)=O)C4)cc21. The summed E-state index contributed by atoms with van der Waals surface area (Å²) in [5.41, 5.74) is 5.78. The maximum absolute atomic E-state index is 12.4. The number of sulfone groups is 1. The lowest BCUT2D eigenvalue weighted by atomic mass is 9.77. The van der Waals surface area contributed by atoms with E-state index in [0.717, 1.165) is 61.9 Å². The summed E-state index contributed by atoms with van der Waals surface area (Å²) in [6.45, 7) is 15.5. The first-order valence-corrected chi connectivity index (χ1v) is 16.1. The molecule has 0 unspecified atom stereocenters. The van der Waals surface area contributed by atoms with Gasteiger partial charge in [0.25, 0.3) is 0 Å². The van der Waals surface area contributed by atoms with Crippen LogP contribution in [0.2, 0.25) is 0 Å². The molecule has 0 fully saturated rings. The fourth-order valence-corrected chi connectivity index (χ4v) is 6.68. The third-order valence-corrected chi connectivity index (χ3v) is 9.49. The predicted molar refractivity (Wildman–Crippen MR) is 162 cm³/mol. The van der Waals surface area contributed by atoms with Crippen LogP contribution in [0.15, 0.2) is 47.8 Å². The van der Waals surface area contributed by atoms with E-state index in [-0.39, 0.29) is 10.3 Å². The van der Waals surface area contributed by atoms with E-state index in [1.165, 1.54) is 17.5 Å². The number of hydrogen-bond acceptors (Lipinski definition) is 9. The van der Waals surface area contributed by atoms with Crippen LogP contribution in [0.5, 0.6) is 0 Å². The van der Waals surface area contributed by atoms with Crippen LogP contribution in [0.4, 0.5) is 23.0 Å². The van der Waals surface area contributed by atoms with Crippen LogP contribution in [0.3, 0.4) is 0 Å². The first kappa shape index (κ1) is 28.3. The number of fused-ring (bicyclic) bond motifs is 2. The number of nitrogens with one attached hydrogen (secondary N) is 1. The van der Waals surface area contributed by atoms with Crippen LogP contribution in [0.25, 0.3) is 0 Å². The molecule has 3 aromatic rings. The fraction of sp³-hybridized carbons (Fsp3) is 0.500. The number of rotatable bonds is 9. The van der Waals surface area contributed by atoms with Crippen molar-refractivity contribution in [3.05, 3.63) is 59.7 Å². The molecule has 40 heavy (non-hydrogen) atoms. The van der Waals surface area contributed by atoms with E-state index in [0.29, 0.717) is 25.3 Å². The molecule has 0 amide bonds. The molecule has 0 aliphatic carbocycles. The maximum atomic E-state index is 12.4. The Morgan fingerprint density at radius 1 is 1.07 bits per heavy atom. The summed E-state index contributed by atoms with van der Waals surface area (Å²) in [4.78, 5) is 20.8. The first-order valence-electron chi connectivity index (χ1n) is 14.2. The van der Waals surface area contributed by atoms with Gasteiger partial charge in [-0.05, 0) is 61.2 Å². The van der Waals surface area contributed by atoms with Crippen molar-refractivity contribution in [2.75, 3.05) is 60.6 Å². The van der Waals surface area contributed by atoms with Crippen molar-refractivity contribution in [3.63, 3.8) is 0 Å². The normalized spacial score (nSPS) is 16.6. The highest BCUT2D eigenvalue weighted by molar-refractivity contribution is 7.90. The van der Waals surface area contributed by atoms with Gasteiger partial charge in [-0.3, -0.25) is 0 Å². The van der Waals surface area contributed by atoms with E-state index in [9.17, 15) is 8.42 Å². The van der Waals surface area contributed by atoms with Gasteiger partial charge < -0.3 is 20.0 Å². The van der Waals surface area contributed by atoms with Gasteiger partial charge in [0, 0.05) is 55.6 Å². The Morgan fingerprint density at radius 3 is 2.62 bits per heavy atom. The van der Waals surface area contributed by atoms with Crippen molar-refractivity contribution in [1.29, 1.82) is 0 Å². The van der Waals surface area contributed by atoms with Crippen LogP contribution in [-0.2, 0) is 28.2 Å². The van der Waals surface area contributed by atoms with Gasteiger partial charge in [0.1, 0.15) is 22.9 Å². The molecule has 2 aliphatic rings. The Kier molecular flexibility index (Phi) is 8.01. The molecule has 9 nitrogen and oxygen atoms in total. The number of aromatic nitrogens is 3. The van der Waals surface area contributed by atoms with E-state index in [1.807, 2.05) is 4.90 Å². The van der Waals surface area contributed by atoms with E-state index in [4.69, 9.17) is 0 Å². The second-order valence-electron chi connectivity index (χ2n) is 11.4. The number of likely N-dealkylation sites (N-methyl/N-ethyl adjacent to an activating group) is 1. The summed E-state index contributed by atoms with van der Waals surface area (Å²) in [5.74, 6) is 1.28. The summed E-state index contributed by atoms with van der Waals surface area (Å²) >= 11 is 0. The van der Waals surface area contributed by atoms with Crippen molar-refractivity contribution >= 4 is 32.8 Å². The molecule has 2 aromatic heterocycles. The molecule has 10 heteroatoms. The average Bonchev–Trinajstić information content (AvgIpc) is 2.94. The largest absolute Gasteiger partial charge is 0.370 e. The number of hydrogen-bond donors (Lipinski definition) is 1. The van der Waals surface area contributed by atoms with Crippen LogP contribution < -0.4 is 15.1 Å². The quantitative estimate of drug-likeness (QED) is 0.406. The molecule has 0 atom stereocenters. The number of pyridine rings is 1. The van der Waals surface area contributed by atoms with Crippen molar-refractivity contribution in [3.8, 4) is 0 Å². The van der Waals surface area contributed by atoms with Gasteiger partial charge in [-0.2, -0.15) is 0 Å². The third kappa shape index (κ3) is 5.78. The Hall–Kier alpha value is -3.24. The average molecular weight is 564 g/mol. The highest BCUT2D eigenvalue weighted by Crippen LogP contribution is 2.41. The van der Waals surface area contributed by atoms with E-state index < -0.39 is 9.84 Å². The second-order valence-corrected chi connectivity index (χ2v) is 13.4. The summed E-state index contributed by atoms with van der Waals surface area (Å²) in [5, 5.41) is 3.59. The van der Waals surface area contributed by atoms with Crippen molar-refractivity contribution < 1.29 is 8.42 Å². The molecule has 214 valence electrons. The minimum Gasteiger partial charge on any atom is -0.370 e. The number of benzene rings is 1. The van der Waals surface area contributed by atoms with Gasteiger partial charge >= 0.3 is 0 Å². The summed E-state index contributed by atoms with van der Waals surface area (Å²) in [6.07, 6.45) is 6.26.